The molecule has 3 aromatic carbocycles. The van der Waals surface area contributed by atoms with Gasteiger partial charge in [-0.1, -0.05) is 67.3 Å². The molecule has 1 amide bonds. The minimum atomic E-state index is -0.521. The fraction of sp³-hybridized carbons (Fsp3) is 0.250. The maximum Gasteiger partial charge on any atom is 0.280 e. The predicted octanol–water partition coefficient (Wildman–Crippen LogP) is 3.37. The number of aromatic nitrogens is 2. The number of para-hydroxylation sites is 1. The minimum Gasteiger partial charge on any atom is -0.330 e. The number of hydrogen-bond acceptors (Lipinski definition) is 5. The van der Waals surface area contributed by atoms with Gasteiger partial charge in [0.2, 0.25) is 0 Å². The molecule has 190 valence electrons. The Morgan fingerprint density at radius 2 is 1.86 bits per heavy atom. The van der Waals surface area contributed by atoms with E-state index in [4.69, 9.17) is 22.3 Å². The van der Waals surface area contributed by atoms with Crippen molar-refractivity contribution in [3.8, 4) is 0 Å². The Kier molecular flexibility index (Phi) is 8.31. The Morgan fingerprint density at radius 1 is 1.11 bits per heavy atom. The molecule has 37 heavy (non-hydrogen) atoms. The third-order valence-corrected chi connectivity index (χ3v) is 6.47. The lowest BCUT2D eigenvalue weighted by Crippen LogP contribution is -2.43. The van der Waals surface area contributed by atoms with E-state index in [0.717, 1.165) is 11.2 Å². The molecule has 1 aromatic heterocycles. The molecule has 0 saturated heterocycles. The molecule has 1 heterocycles. The lowest BCUT2D eigenvalue weighted by atomic mass is 9.93. The van der Waals surface area contributed by atoms with Crippen LogP contribution in [0.5, 0.6) is 0 Å². The van der Waals surface area contributed by atoms with Crippen LogP contribution >= 0.6 is 11.6 Å². The van der Waals surface area contributed by atoms with E-state index in [1.165, 1.54) is 4.68 Å². The summed E-state index contributed by atoms with van der Waals surface area (Å²) in [6, 6.07) is 21.4. The van der Waals surface area contributed by atoms with Crippen molar-refractivity contribution in [2.45, 2.75) is 26.3 Å². The second-order valence-electron chi connectivity index (χ2n) is 9.45. The molecule has 1 unspecified atom stereocenters. The van der Waals surface area contributed by atoms with Crippen LogP contribution in [-0.2, 0) is 0 Å². The molecule has 7 nitrogen and oxygen atoms in total. The number of halogens is 1. The van der Waals surface area contributed by atoms with Crippen LogP contribution in [0, 0.1) is 5.92 Å². The highest BCUT2D eigenvalue weighted by atomic mass is 35.5. The first-order valence-electron chi connectivity index (χ1n) is 12.4. The van der Waals surface area contributed by atoms with Gasteiger partial charge in [-0.3, -0.25) is 15.0 Å². The van der Waals surface area contributed by atoms with Crippen LogP contribution < -0.4 is 22.2 Å². The standard InChI is InChI=1S/C28H31BClN5O2/c1-18(2)25(34(15-7-14-31)27(36)19-8-6-9-20(29)16-19)26-32-24-17-21(30)12-13-23(24)28(37)35(26)33-22-10-4-3-5-11-22/h3-6,8-13,16-18,25,33H,7,14-15,29,31H2,1-2H3. The summed E-state index contributed by atoms with van der Waals surface area (Å²) in [5, 5.41) is 0.911. The Morgan fingerprint density at radius 3 is 2.54 bits per heavy atom. The quantitative estimate of drug-likeness (QED) is 0.333. The number of anilines is 1. The monoisotopic (exact) mass is 515 g/mol. The highest BCUT2D eigenvalue weighted by Gasteiger charge is 2.33. The zero-order chi connectivity index (χ0) is 26.5. The SMILES string of the molecule is Bc1cccc(C(=O)N(CCCN)C(c2nc3cc(Cl)ccc3c(=O)n2Nc2ccccc2)C(C)C)c1. The molecule has 0 fully saturated rings. The zero-order valence-corrected chi connectivity index (χ0v) is 22.1. The molecule has 3 N–H and O–H groups in total. The molecule has 0 aliphatic rings. The number of carbonyl (C=O) groups is 1. The smallest absolute Gasteiger partial charge is 0.280 e. The van der Waals surface area contributed by atoms with Crippen molar-refractivity contribution in [1.82, 2.24) is 14.6 Å². The lowest BCUT2D eigenvalue weighted by Gasteiger charge is -2.35. The number of nitrogens with one attached hydrogen (secondary N) is 1. The second kappa shape index (κ2) is 11.6. The molecule has 0 spiro atoms. The summed E-state index contributed by atoms with van der Waals surface area (Å²) in [5.41, 5.74) is 11.6. The first-order chi connectivity index (χ1) is 17.8. The van der Waals surface area contributed by atoms with Gasteiger partial charge in [0.15, 0.2) is 5.82 Å². The Balaban J connectivity index is 1.94. The van der Waals surface area contributed by atoms with E-state index in [0.29, 0.717) is 46.8 Å². The van der Waals surface area contributed by atoms with Crippen LogP contribution in [0.3, 0.4) is 0 Å². The number of benzene rings is 3. The van der Waals surface area contributed by atoms with E-state index in [1.54, 1.807) is 23.1 Å². The maximum atomic E-state index is 13.9. The molecule has 1 atom stereocenters. The maximum absolute atomic E-state index is 13.9. The second-order valence-corrected chi connectivity index (χ2v) is 9.89. The van der Waals surface area contributed by atoms with Gasteiger partial charge in [0.05, 0.1) is 22.6 Å². The van der Waals surface area contributed by atoms with E-state index >= 15 is 0 Å². The van der Waals surface area contributed by atoms with Gasteiger partial charge in [0.25, 0.3) is 11.5 Å². The van der Waals surface area contributed by atoms with Crippen molar-refractivity contribution < 1.29 is 4.79 Å². The molecule has 0 aliphatic carbocycles. The zero-order valence-electron chi connectivity index (χ0n) is 21.3. The van der Waals surface area contributed by atoms with Crippen LogP contribution in [0.1, 0.15) is 42.5 Å². The average Bonchev–Trinajstić information content (AvgIpc) is 2.88. The Labute approximate surface area is 222 Å². The number of carbonyl (C=O) groups excluding carboxylic acids is 1. The highest BCUT2D eigenvalue weighted by molar-refractivity contribution is 6.32. The summed E-state index contributed by atoms with van der Waals surface area (Å²) in [6.45, 7) is 4.88. The van der Waals surface area contributed by atoms with Gasteiger partial charge in [0, 0.05) is 17.1 Å². The summed E-state index contributed by atoms with van der Waals surface area (Å²) in [7, 11) is 1.96. The van der Waals surface area contributed by atoms with E-state index < -0.39 is 6.04 Å². The van der Waals surface area contributed by atoms with Crippen LogP contribution in [0.25, 0.3) is 10.9 Å². The summed E-state index contributed by atoms with van der Waals surface area (Å²) < 4.78 is 1.45. The minimum absolute atomic E-state index is 0.0705. The fourth-order valence-electron chi connectivity index (χ4n) is 4.49. The predicted molar refractivity (Wildman–Crippen MR) is 153 cm³/mol. The molecule has 0 bridgehead atoms. The Bertz CT molecular complexity index is 1460. The first kappa shape index (κ1) is 26.4. The number of rotatable bonds is 9. The largest absolute Gasteiger partial charge is 0.330 e. The summed E-state index contributed by atoms with van der Waals surface area (Å²) >= 11 is 6.27. The summed E-state index contributed by atoms with van der Waals surface area (Å²) in [5.74, 6) is 0.220. The number of hydrogen-bond donors (Lipinski definition) is 2. The van der Waals surface area contributed by atoms with Gasteiger partial charge in [-0.25, -0.2) is 9.66 Å². The molecular weight excluding hydrogens is 485 g/mol. The van der Waals surface area contributed by atoms with Crippen molar-refractivity contribution in [3.63, 3.8) is 0 Å². The number of nitrogens with zero attached hydrogens (tertiary/aromatic N) is 3. The van der Waals surface area contributed by atoms with Gasteiger partial charge in [0.1, 0.15) is 7.85 Å². The van der Waals surface area contributed by atoms with E-state index in [-0.39, 0.29) is 17.4 Å². The van der Waals surface area contributed by atoms with Crippen molar-refractivity contribution in [2.75, 3.05) is 18.5 Å². The molecular formula is C28H31BClN5O2. The van der Waals surface area contributed by atoms with Crippen molar-refractivity contribution >= 4 is 47.4 Å². The number of fused-ring (bicyclic) bond motifs is 1. The van der Waals surface area contributed by atoms with Crippen LogP contribution in [0.4, 0.5) is 5.69 Å². The molecule has 0 saturated carbocycles. The first-order valence-corrected chi connectivity index (χ1v) is 12.8. The third-order valence-electron chi connectivity index (χ3n) is 6.23. The normalized spacial score (nSPS) is 12.0. The number of amides is 1. The van der Waals surface area contributed by atoms with Gasteiger partial charge >= 0.3 is 0 Å². The average molecular weight is 516 g/mol. The van der Waals surface area contributed by atoms with Gasteiger partial charge < -0.3 is 10.6 Å². The van der Waals surface area contributed by atoms with Gasteiger partial charge in [-0.15, -0.1) is 0 Å². The molecule has 9 heteroatoms. The third kappa shape index (κ3) is 5.87. The fourth-order valence-corrected chi connectivity index (χ4v) is 4.66. The van der Waals surface area contributed by atoms with Gasteiger partial charge in [-0.05, 0) is 55.3 Å². The van der Waals surface area contributed by atoms with E-state index in [1.807, 2.05) is 76.3 Å². The van der Waals surface area contributed by atoms with Crippen molar-refractivity contribution in [3.05, 3.63) is 99.6 Å². The van der Waals surface area contributed by atoms with E-state index in [2.05, 4.69) is 5.43 Å². The van der Waals surface area contributed by atoms with Gasteiger partial charge in [-0.2, -0.15) is 0 Å². The Hall–Kier alpha value is -3.62. The van der Waals surface area contributed by atoms with E-state index in [9.17, 15) is 9.59 Å². The van der Waals surface area contributed by atoms with Crippen molar-refractivity contribution in [1.29, 1.82) is 0 Å². The molecule has 4 aromatic rings. The van der Waals surface area contributed by atoms with Crippen LogP contribution in [-0.4, -0.2) is 41.4 Å². The topological polar surface area (TPSA) is 93.2 Å². The number of nitrogens with two attached hydrogens (primary N) is 1. The molecule has 4 rings (SSSR count). The molecule has 0 aliphatic heterocycles. The van der Waals surface area contributed by atoms with Crippen LogP contribution in [0.15, 0.2) is 77.6 Å². The highest BCUT2D eigenvalue weighted by Crippen LogP contribution is 2.30. The summed E-state index contributed by atoms with van der Waals surface area (Å²) in [4.78, 5) is 34.4. The summed E-state index contributed by atoms with van der Waals surface area (Å²) in [6.07, 6.45) is 0.608. The van der Waals surface area contributed by atoms with Crippen LogP contribution in [0.2, 0.25) is 5.02 Å². The van der Waals surface area contributed by atoms with Crippen molar-refractivity contribution in [2.24, 2.45) is 11.7 Å². The molecule has 0 radical (unpaired) electrons. The lowest BCUT2D eigenvalue weighted by molar-refractivity contribution is 0.0604.